The molecule has 0 spiro atoms. The maximum absolute atomic E-state index is 13.3. The largest absolute Gasteiger partial charge is 0.472 e. The molecule has 0 aliphatic carbocycles. The van der Waals surface area contributed by atoms with Crippen LogP contribution >= 0.6 is 0 Å². The SMILES string of the molecule is Nc1onc(-c2ccoc2)c1-c1cccc(F)c1. The first-order valence-corrected chi connectivity index (χ1v) is 5.29. The quantitative estimate of drug-likeness (QED) is 0.750. The lowest BCUT2D eigenvalue weighted by Gasteiger charge is -2.00. The highest BCUT2D eigenvalue weighted by Crippen LogP contribution is 2.36. The van der Waals surface area contributed by atoms with Crippen molar-refractivity contribution < 1.29 is 13.3 Å². The van der Waals surface area contributed by atoms with Crippen molar-refractivity contribution in [2.45, 2.75) is 0 Å². The molecule has 0 saturated heterocycles. The van der Waals surface area contributed by atoms with E-state index >= 15 is 0 Å². The minimum Gasteiger partial charge on any atom is -0.472 e. The Morgan fingerprint density at radius 3 is 2.78 bits per heavy atom. The minimum absolute atomic E-state index is 0.150. The molecule has 3 aromatic rings. The average molecular weight is 244 g/mol. The van der Waals surface area contributed by atoms with Crippen LogP contribution in [-0.4, -0.2) is 5.16 Å². The highest BCUT2D eigenvalue weighted by atomic mass is 19.1. The maximum atomic E-state index is 13.3. The van der Waals surface area contributed by atoms with Crippen LogP contribution in [0.5, 0.6) is 0 Å². The van der Waals surface area contributed by atoms with Gasteiger partial charge in [-0.1, -0.05) is 17.3 Å². The van der Waals surface area contributed by atoms with Crippen LogP contribution in [0, 0.1) is 5.82 Å². The third-order valence-electron chi connectivity index (χ3n) is 2.63. The summed E-state index contributed by atoms with van der Waals surface area (Å²) in [5.41, 5.74) is 8.19. The molecule has 0 amide bonds. The first-order valence-electron chi connectivity index (χ1n) is 5.29. The number of anilines is 1. The van der Waals surface area contributed by atoms with Gasteiger partial charge in [0.05, 0.1) is 18.1 Å². The molecule has 18 heavy (non-hydrogen) atoms. The fourth-order valence-electron chi connectivity index (χ4n) is 1.82. The van der Waals surface area contributed by atoms with Gasteiger partial charge in [0, 0.05) is 5.56 Å². The van der Waals surface area contributed by atoms with Crippen molar-refractivity contribution in [3.8, 4) is 22.4 Å². The Bertz CT molecular complexity index is 674. The van der Waals surface area contributed by atoms with E-state index in [1.165, 1.54) is 24.7 Å². The first kappa shape index (κ1) is 10.6. The van der Waals surface area contributed by atoms with Crippen LogP contribution in [0.2, 0.25) is 0 Å². The molecule has 0 unspecified atom stereocenters. The Morgan fingerprint density at radius 1 is 1.17 bits per heavy atom. The number of nitrogens with two attached hydrogens (primary N) is 1. The first-order chi connectivity index (χ1) is 8.75. The molecule has 0 aliphatic rings. The molecule has 2 aromatic heterocycles. The molecular formula is C13H9FN2O2. The Labute approximate surface area is 102 Å². The summed E-state index contributed by atoms with van der Waals surface area (Å²) in [5.74, 6) is -0.192. The topological polar surface area (TPSA) is 65.2 Å². The minimum atomic E-state index is -0.341. The number of nitrogen functional groups attached to an aromatic ring is 1. The molecule has 1 aromatic carbocycles. The summed E-state index contributed by atoms with van der Waals surface area (Å²) in [6.07, 6.45) is 3.05. The predicted octanol–water partition coefficient (Wildman–Crippen LogP) is 3.32. The molecule has 3 rings (SSSR count). The maximum Gasteiger partial charge on any atom is 0.230 e. The molecular weight excluding hydrogens is 235 g/mol. The van der Waals surface area contributed by atoms with Crippen LogP contribution in [-0.2, 0) is 0 Å². The van der Waals surface area contributed by atoms with E-state index in [1.54, 1.807) is 18.2 Å². The van der Waals surface area contributed by atoms with Crippen molar-refractivity contribution in [2.24, 2.45) is 0 Å². The summed E-state index contributed by atoms with van der Waals surface area (Å²) in [6, 6.07) is 7.84. The van der Waals surface area contributed by atoms with E-state index in [0.717, 1.165) is 5.56 Å². The Balaban J connectivity index is 2.20. The van der Waals surface area contributed by atoms with Crippen molar-refractivity contribution in [1.82, 2.24) is 5.16 Å². The van der Waals surface area contributed by atoms with Crippen LogP contribution in [0.1, 0.15) is 0 Å². The summed E-state index contributed by atoms with van der Waals surface area (Å²) in [6.45, 7) is 0. The number of benzene rings is 1. The fourth-order valence-corrected chi connectivity index (χ4v) is 1.82. The summed E-state index contributed by atoms with van der Waals surface area (Å²) < 4.78 is 23.2. The second-order valence-corrected chi connectivity index (χ2v) is 3.79. The van der Waals surface area contributed by atoms with Gasteiger partial charge < -0.3 is 14.7 Å². The standard InChI is InChI=1S/C13H9FN2O2/c14-10-3-1-2-8(6-10)11-12(16-18-13(11)15)9-4-5-17-7-9/h1-7H,15H2. The van der Waals surface area contributed by atoms with Gasteiger partial charge in [-0.3, -0.25) is 0 Å². The smallest absolute Gasteiger partial charge is 0.230 e. The Kier molecular flexibility index (Phi) is 2.37. The summed E-state index contributed by atoms with van der Waals surface area (Å²) >= 11 is 0. The molecule has 0 bridgehead atoms. The number of furan rings is 1. The Hall–Kier alpha value is -2.56. The van der Waals surface area contributed by atoms with Gasteiger partial charge >= 0.3 is 0 Å². The van der Waals surface area contributed by atoms with E-state index in [-0.39, 0.29) is 11.7 Å². The van der Waals surface area contributed by atoms with Crippen LogP contribution in [0.4, 0.5) is 10.3 Å². The van der Waals surface area contributed by atoms with Gasteiger partial charge in [-0.05, 0) is 23.8 Å². The van der Waals surface area contributed by atoms with E-state index in [1.807, 2.05) is 0 Å². The molecule has 2 heterocycles. The number of halogens is 1. The normalized spacial score (nSPS) is 10.7. The van der Waals surface area contributed by atoms with Crippen molar-refractivity contribution >= 4 is 5.88 Å². The fraction of sp³-hybridized carbons (Fsp3) is 0. The zero-order chi connectivity index (χ0) is 12.5. The van der Waals surface area contributed by atoms with Crippen molar-refractivity contribution in [3.63, 3.8) is 0 Å². The van der Waals surface area contributed by atoms with Gasteiger partial charge in [0.2, 0.25) is 5.88 Å². The Morgan fingerprint density at radius 2 is 2.06 bits per heavy atom. The molecule has 0 fully saturated rings. The molecule has 90 valence electrons. The van der Waals surface area contributed by atoms with Gasteiger partial charge in [-0.15, -0.1) is 0 Å². The van der Waals surface area contributed by atoms with Gasteiger partial charge in [0.1, 0.15) is 11.5 Å². The molecule has 5 heteroatoms. The van der Waals surface area contributed by atoms with E-state index in [2.05, 4.69) is 5.16 Å². The van der Waals surface area contributed by atoms with Crippen LogP contribution in [0.3, 0.4) is 0 Å². The number of hydrogen-bond acceptors (Lipinski definition) is 4. The van der Waals surface area contributed by atoms with Gasteiger partial charge in [0.25, 0.3) is 0 Å². The van der Waals surface area contributed by atoms with E-state index < -0.39 is 0 Å². The molecule has 2 N–H and O–H groups in total. The monoisotopic (exact) mass is 244 g/mol. The highest BCUT2D eigenvalue weighted by Gasteiger charge is 2.18. The van der Waals surface area contributed by atoms with Gasteiger partial charge in [-0.25, -0.2) is 4.39 Å². The number of nitrogens with zero attached hydrogens (tertiary/aromatic N) is 1. The van der Waals surface area contributed by atoms with Gasteiger partial charge in [-0.2, -0.15) is 0 Å². The summed E-state index contributed by atoms with van der Waals surface area (Å²) in [5, 5.41) is 3.88. The molecule has 0 aliphatic heterocycles. The van der Waals surface area contributed by atoms with Crippen molar-refractivity contribution in [3.05, 3.63) is 48.7 Å². The van der Waals surface area contributed by atoms with E-state index in [0.29, 0.717) is 16.8 Å². The molecule has 0 saturated carbocycles. The second-order valence-electron chi connectivity index (χ2n) is 3.79. The number of aromatic nitrogens is 1. The van der Waals surface area contributed by atoms with E-state index in [9.17, 15) is 4.39 Å². The van der Waals surface area contributed by atoms with Gasteiger partial charge in [0.15, 0.2) is 0 Å². The van der Waals surface area contributed by atoms with Crippen LogP contribution in [0.25, 0.3) is 22.4 Å². The third-order valence-corrected chi connectivity index (χ3v) is 2.63. The number of rotatable bonds is 2. The summed E-state index contributed by atoms with van der Waals surface area (Å²) in [7, 11) is 0. The third kappa shape index (κ3) is 1.66. The molecule has 4 nitrogen and oxygen atoms in total. The lowest BCUT2D eigenvalue weighted by molar-refractivity contribution is 0.439. The predicted molar refractivity (Wildman–Crippen MR) is 64.0 cm³/mol. The lowest BCUT2D eigenvalue weighted by Crippen LogP contribution is -1.87. The second kappa shape index (κ2) is 4.03. The van der Waals surface area contributed by atoms with Crippen LogP contribution < -0.4 is 5.73 Å². The van der Waals surface area contributed by atoms with Crippen molar-refractivity contribution in [2.75, 3.05) is 5.73 Å². The molecule has 0 atom stereocenters. The van der Waals surface area contributed by atoms with E-state index in [4.69, 9.17) is 14.7 Å². The zero-order valence-corrected chi connectivity index (χ0v) is 9.26. The zero-order valence-electron chi connectivity index (χ0n) is 9.26. The van der Waals surface area contributed by atoms with Crippen LogP contribution in [0.15, 0.2) is 51.8 Å². The molecule has 0 radical (unpaired) electrons. The number of hydrogen-bond donors (Lipinski definition) is 1. The summed E-state index contributed by atoms with van der Waals surface area (Å²) in [4.78, 5) is 0. The highest BCUT2D eigenvalue weighted by molar-refractivity contribution is 5.86. The van der Waals surface area contributed by atoms with Crippen molar-refractivity contribution in [1.29, 1.82) is 0 Å². The lowest BCUT2D eigenvalue weighted by atomic mass is 10.0. The average Bonchev–Trinajstić information content (AvgIpc) is 2.97.